The summed E-state index contributed by atoms with van der Waals surface area (Å²) in [7, 11) is 0. The van der Waals surface area contributed by atoms with Gasteiger partial charge in [-0.2, -0.15) is 0 Å². The lowest BCUT2D eigenvalue weighted by molar-refractivity contribution is 0.586. The van der Waals surface area contributed by atoms with Crippen LogP contribution in [-0.2, 0) is 0 Å². The Bertz CT molecular complexity index is 145. The van der Waals surface area contributed by atoms with Gasteiger partial charge in [-0.3, -0.25) is 4.99 Å². The van der Waals surface area contributed by atoms with Crippen LogP contribution in [0.1, 0.15) is 34.6 Å². The minimum Gasteiger partial charge on any atom is -0.268 e. The van der Waals surface area contributed by atoms with E-state index in [-0.39, 0.29) is 5.54 Å². The molecule has 0 aromatic heterocycles. The second-order valence-electron chi connectivity index (χ2n) is 3.49. The minimum absolute atomic E-state index is 0.00104. The second kappa shape index (κ2) is 3.49. The summed E-state index contributed by atoms with van der Waals surface area (Å²) in [5, 5.41) is 0. The Morgan fingerprint density at radius 2 is 1.70 bits per heavy atom. The maximum atomic E-state index is 4.18. The van der Waals surface area contributed by atoms with E-state index in [9.17, 15) is 0 Å². The van der Waals surface area contributed by atoms with Crippen LogP contribution in [-0.4, -0.2) is 17.6 Å². The van der Waals surface area contributed by atoms with Crippen LogP contribution in [0.5, 0.6) is 0 Å². The molecule has 0 radical (unpaired) electrons. The van der Waals surface area contributed by atoms with Crippen molar-refractivity contribution < 1.29 is 0 Å². The van der Waals surface area contributed by atoms with E-state index in [1.807, 2.05) is 34.6 Å². The van der Waals surface area contributed by atoms with E-state index < -0.39 is 0 Å². The first-order valence-corrected chi connectivity index (χ1v) is 3.46. The fraction of sp³-hybridized carbons (Fsp3) is 0.750. The lowest BCUT2D eigenvalue weighted by Gasteiger charge is -2.09. The largest absolute Gasteiger partial charge is 0.268 e. The SMILES string of the molecule is CC(C)=N/C=N\C(C)(C)C. The van der Waals surface area contributed by atoms with Gasteiger partial charge >= 0.3 is 0 Å². The normalized spacial score (nSPS) is 12.1. The number of hydrogen-bond donors (Lipinski definition) is 0. The summed E-state index contributed by atoms with van der Waals surface area (Å²) in [6.07, 6.45) is 1.62. The molecule has 0 atom stereocenters. The summed E-state index contributed by atoms with van der Waals surface area (Å²) in [5.41, 5.74) is 1.03. The molecule has 0 aliphatic heterocycles. The van der Waals surface area contributed by atoms with Crippen molar-refractivity contribution in [1.29, 1.82) is 0 Å². The predicted octanol–water partition coefficient (Wildman–Crippen LogP) is 2.29. The van der Waals surface area contributed by atoms with Gasteiger partial charge in [-0.1, -0.05) is 0 Å². The minimum atomic E-state index is -0.00104. The van der Waals surface area contributed by atoms with Crippen LogP contribution in [0.15, 0.2) is 9.98 Å². The molecule has 0 aromatic rings. The topological polar surface area (TPSA) is 24.7 Å². The fourth-order valence-electron chi connectivity index (χ4n) is 0.318. The predicted molar refractivity (Wildman–Crippen MR) is 47.0 cm³/mol. The van der Waals surface area contributed by atoms with E-state index in [4.69, 9.17) is 0 Å². The first kappa shape index (κ1) is 9.34. The van der Waals surface area contributed by atoms with Gasteiger partial charge in [0.1, 0.15) is 6.34 Å². The van der Waals surface area contributed by atoms with Crippen molar-refractivity contribution >= 4 is 12.1 Å². The zero-order valence-corrected chi connectivity index (χ0v) is 7.47. The van der Waals surface area contributed by atoms with E-state index in [2.05, 4.69) is 9.98 Å². The molecule has 0 rings (SSSR count). The summed E-state index contributed by atoms with van der Waals surface area (Å²) in [6, 6.07) is 0. The van der Waals surface area contributed by atoms with E-state index in [1.54, 1.807) is 6.34 Å². The molecular formula is C8H16N2. The zero-order valence-electron chi connectivity index (χ0n) is 7.47. The van der Waals surface area contributed by atoms with E-state index in [0.717, 1.165) is 5.71 Å². The Balaban J connectivity index is 3.90. The van der Waals surface area contributed by atoms with E-state index in [0.29, 0.717) is 0 Å². The van der Waals surface area contributed by atoms with E-state index in [1.165, 1.54) is 0 Å². The molecule has 58 valence electrons. The van der Waals surface area contributed by atoms with E-state index >= 15 is 0 Å². The summed E-state index contributed by atoms with van der Waals surface area (Å²) >= 11 is 0. The average molecular weight is 140 g/mol. The molecule has 0 heterocycles. The highest BCUT2D eigenvalue weighted by molar-refractivity contribution is 5.86. The fourth-order valence-corrected chi connectivity index (χ4v) is 0.318. The number of nitrogens with zero attached hydrogens (tertiary/aromatic N) is 2. The van der Waals surface area contributed by atoms with Crippen LogP contribution in [0, 0.1) is 0 Å². The molecule has 0 aromatic carbocycles. The van der Waals surface area contributed by atoms with Crippen molar-refractivity contribution in [2.45, 2.75) is 40.2 Å². The smallest absolute Gasteiger partial charge is 0.110 e. The van der Waals surface area contributed by atoms with Gasteiger partial charge in [0, 0.05) is 5.71 Å². The van der Waals surface area contributed by atoms with Gasteiger partial charge in [-0.25, -0.2) is 4.99 Å². The Hall–Kier alpha value is -0.660. The molecule has 0 amide bonds. The van der Waals surface area contributed by atoms with Gasteiger partial charge < -0.3 is 0 Å². The van der Waals surface area contributed by atoms with Gasteiger partial charge in [0.15, 0.2) is 0 Å². The Labute approximate surface area is 63.1 Å². The van der Waals surface area contributed by atoms with Crippen LogP contribution in [0.25, 0.3) is 0 Å². The average Bonchev–Trinajstić information content (AvgIpc) is 1.59. The molecule has 2 heteroatoms. The summed E-state index contributed by atoms with van der Waals surface area (Å²) in [5.74, 6) is 0. The van der Waals surface area contributed by atoms with Gasteiger partial charge in [-0.15, -0.1) is 0 Å². The van der Waals surface area contributed by atoms with Crippen molar-refractivity contribution in [2.24, 2.45) is 9.98 Å². The van der Waals surface area contributed by atoms with Crippen LogP contribution in [0.3, 0.4) is 0 Å². The Morgan fingerprint density at radius 1 is 1.20 bits per heavy atom. The summed E-state index contributed by atoms with van der Waals surface area (Å²) in [4.78, 5) is 8.22. The molecule has 0 saturated heterocycles. The Morgan fingerprint density at radius 3 is 2.00 bits per heavy atom. The standard InChI is InChI=1S/C8H16N2/c1-7(2)9-6-10-8(3,4)5/h6H,1-5H3/b10-6-. The van der Waals surface area contributed by atoms with Crippen molar-refractivity contribution in [3.63, 3.8) is 0 Å². The number of rotatable bonds is 1. The maximum Gasteiger partial charge on any atom is 0.110 e. The molecule has 0 spiro atoms. The van der Waals surface area contributed by atoms with Crippen molar-refractivity contribution in [1.82, 2.24) is 0 Å². The van der Waals surface area contributed by atoms with Gasteiger partial charge in [0.05, 0.1) is 5.54 Å². The van der Waals surface area contributed by atoms with Gasteiger partial charge in [0.2, 0.25) is 0 Å². The van der Waals surface area contributed by atoms with Crippen LogP contribution in [0.4, 0.5) is 0 Å². The third kappa shape index (κ3) is 7.34. The molecular weight excluding hydrogens is 124 g/mol. The Kier molecular flexibility index (Phi) is 3.26. The second-order valence-corrected chi connectivity index (χ2v) is 3.49. The zero-order chi connectivity index (χ0) is 8.20. The highest BCUT2D eigenvalue weighted by Gasteiger charge is 2.03. The maximum absolute atomic E-state index is 4.18. The van der Waals surface area contributed by atoms with Crippen molar-refractivity contribution in [2.75, 3.05) is 0 Å². The highest BCUT2D eigenvalue weighted by atomic mass is 14.9. The summed E-state index contributed by atoms with van der Waals surface area (Å²) < 4.78 is 0. The third-order valence-corrected chi connectivity index (χ3v) is 0.761. The van der Waals surface area contributed by atoms with Crippen LogP contribution in [0.2, 0.25) is 0 Å². The quantitative estimate of drug-likeness (QED) is 0.394. The highest BCUT2D eigenvalue weighted by Crippen LogP contribution is 2.04. The molecule has 0 N–H and O–H groups in total. The molecule has 10 heavy (non-hydrogen) atoms. The van der Waals surface area contributed by atoms with Crippen molar-refractivity contribution in [3.8, 4) is 0 Å². The monoisotopic (exact) mass is 140 g/mol. The van der Waals surface area contributed by atoms with Crippen LogP contribution < -0.4 is 0 Å². The first-order valence-electron chi connectivity index (χ1n) is 3.46. The molecule has 0 unspecified atom stereocenters. The lowest BCUT2D eigenvalue weighted by atomic mass is 10.1. The molecule has 0 aliphatic rings. The number of hydrogen-bond acceptors (Lipinski definition) is 1. The number of aliphatic imine (C=N–C) groups is 2. The molecule has 2 nitrogen and oxygen atoms in total. The third-order valence-electron chi connectivity index (χ3n) is 0.761. The van der Waals surface area contributed by atoms with Crippen molar-refractivity contribution in [3.05, 3.63) is 0 Å². The molecule has 0 saturated carbocycles. The molecule has 0 bridgehead atoms. The summed E-state index contributed by atoms with van der Waals surface area (Å²) in [6.45, 7) is 10.0. The molecule has 0 aliphatic carbocycles. The first-order chi connectivity index (χ1) is 4.42. The van der Waals surface area contributed by atoms with Gasteiger partial charge in [-0.05, 0) is 34.6 Å². The molecule has 0 fully saturated rings. The van der Waals surface area contributed by atoms with Crippen LogP contribution >= 0.6 is 0 Å². The van der Waals surface area contributed by atoms with Gasteiger partial charge in [0.25, 0.3) is 0 Å². The lowest BCUT2D eigenvalue weighted by Crippen LogP contribution is -2.09.